The summed E-state index contributed by atoms with van der Waals surface area (Å²) in [5.74, 6) is -1.53. The lowest BCUT2D eigenvalue weighted by Gasteiger charge is -2.34. The van der Waals surface area contributed by atoms with Gasteiger partial charge in [0, 0.05) is 50.3 Å². The van der Waals surface area contributed by atoms with Gasteiger partial charge in [-0.1, -0.05) is 18.2 Å². The second-order valence-corrected chi connectivity index (χ2v) is 5.98. The van der Waals surface area contributed by atoms with E-state index in [-0.39, 0.29) is 12.5 Å². The fraction of sp³-hybridized carbons (Fsp3) is 0.389. The first-order valence-electron chi connectivity index (χ1n) is 8.32. The average Bonchev–Trinajstić information content (AvgIpc) is 2.98. The molecule has 2 heterocycles. The molecule has 7 heteroatoms. The van der Waals surface area contributed by atoms with Gasteiger partial charge in [0.1, 0.15) is 0 Å². The molecular weight excluding hydrogens is 322 g/mol. The summed E-state index contributed by atoms with van der Waals surface area (Å²) in [4.78, 5) is 39.5. The lowest BCUT2D eigenvalue weighted by molar-refractivity contribution is -0.160. The molecule has 0 aliphatic carbocycles. The van der Waals surface area contributed by atoms with Crippen molar-refractivity contribution in [2.75, 3.05) is 32.8 Å². The van der Waals surface area contributed by atoms with Gasteiger partial charge in [-0.3, -0.25) is 9.59 Å². The molecule has 0 atom stereocenters. The van der Waals surface area contributed by atoms with Crippen molar-refractivity contribution in [1.29, 1.82) is 0 Å². The molecule has 0 bridgehead atoms. The van der Waals surface area contributed by atoms with Crippen molar-refractivity contribution in [3.05, 3.63) is 36.0 Å². The SMILES string of the molecule is CCOC(=O)C(=O)N1CCN(C(=O)c2cn(C)c3ccccc23)CC1. The molecule has 25 heavy (non-hydrogen) atoms. The number of aryl methyl sites for hydroxylation is 1. The van der Waals surface area contributed by atoms with Crippen LogP contribution in [-0.4, -0.2) is 64.9 Å². The zero-order chi connectivity index (χ0) is 18.0. The third kappa shape index (κ3) is 3.22. The highest BCUT2D eigenvalue weighted by molar-refractivity contribution is 6.32. The smallest absolute Gasteiger partial charge is 0.397 e. The van der Waals surface area contributed by atoms with Gasteiger partial charge in [0.05, 0.1) is 12.2 Å². The molecule has 0 spiro atoms. The summed E-state index contributed by atoms with van der Waals surface area (Å²) < 4.78 is 6.67. The van der Waals surface area contributed by atoms with Crippen molar-refractivity contribution in [1.82, 2.24) is 14.4 Å². The minimum atomic E-state index is -0.837. The molecule has 1 saturated heterocycles. The Labute approximate surface area is 145 Å². The van der Waals surface area contributed by atoms with Gasteiger partial charge in [-0.2, -0.15) is 0 Å². The van der Waals surface area contributed by atoms with E-state index in [9.17, 15) is 14.4 Å². The van der Waals surface area contributed by atoms with E-state index in [4.69, 9.17) is 4.74 Å². The molecule has 2 aromatic rings. The number of ether oxygens (including phenoxy) is 1. The molecule has 3 rings (SSSR count). The molecule has 0 unspecified atom stereocenters. The second kappa shape index (κ2) is 6.96. The lowest BCUT2D eigenvalue weighted by Crippen LogP contribution is -2.52. The second-order valence-electron chi connectivity index (χ2n) is 5.98. The fourth-order valence-electron chi connectivity index (χ4n) is 3.12. The maximum absolute atomic E-state index is 12.9. The van der Waals surface area contributed by atoms with Crippen LogP contribution < -0.4 is 0 Å². The third-order valence-electron chi connectivity index (χ3n) is 4.43. The van der Waals surface area contributed by atoms with Crippen LogP contribution in [0.2, 0.25) is 0 Å². The van der Waals surface area contributed by atoms with Crippen LogP contribution in [0, 0.1) is 0 Å². The number of fused-ring (bicyclic) bond motifs is 1. The van der Waals surface area contributed by atoms with Crippen LogP contribution in [0.3, 0.4) is 0 Å². The Hall–Kier alpha value is -2.83. The highest BCUT2D eigenvalue weighted by atomic mass is 16.5. The van der Waals surface area contributed by atoms with Crippen LogP contribution in [0.1, 0.15) is 17.3 Å². The highest BCUT2D eigenvalue weighted by Gasteiger charge is 2.29. The van der Waals surface area contributed by atoms with E-state index in [0.717, 1.165) is 10.9 Å². The van der Waals surface area contributed by atoms with Crippen LogP contribution in [0.5, 0.6) is 0 Å². The lowest BCUT2D eigenvalue weighted by atomic mass is 10.1. The molecule has 2 amide bonds. The van der Waals surface area contributed by atoms with E-state index >= 15 is 0 Å². The average molecular weight is 343 g/mol. The molecule has 132 valence electrons. The first-order valence-corrected chi connectivity index (χ1v) is 8.32. The molecule has 0 saturated carbocycles. The first-order chi connectivity index (χ1) is 12.0. The van der Waals surface area contributed by atoms with Crippen molar-refractivity contribution < 1.29 is 19.1 Å². The number of aromatic nitrogens is 1. The van der Waals surface area contributed by atoms with E-state index in [1.807, 2.05) is 42.1 Å². The van der Waals surface area contributed by atoms with E-state index in [0.29, 0.717) is 31.7 Å². The molecule has 1 aliphatic rings. The van der Waals surface area contributed by atoms with Gasteiger partial charge in [0.2, 0.25) is 0 Å². The number of amides is 2. The minimum Gasteiger partial charge on any atom is -0.459 e. The molecule has 0 radical (unpaired) electrons. The van der Waals surface area contributed by atoms with Crippen molar-refractivity contribution in [3.8, 4) is 0 Å². The van der Waals surface area contributed by atoms with E-state index in [2.05, 4.69) is 0 Å². The highest BCUT2D eigenvalue weighted by Crippen LogP contribution is 2.22. The summed E-state index contributed by atoms with van der Waals surface area (Å²) in [5, 5.41) is 0.917. The van der Waals surface area contributed by atoms with E-state index < -0.39 is 11.9 Å². The fourth-order valence-corrected chi connectivity index (χ4v) is 3.12. The molecule has 1 aliphatic heterocycles. The number of para-hydroxylation sites is 1. The Morgan fingerprint density at radius 2 is 1.68 bits per heavy atom. The Kier molecular flexibility index (Phi) is 4.74. The van der Waals surface area contributed by atoms with E-state index in [1.165, 1.54) is 4.90 Å². The van der Waals surface area contributed by atoms with E-state index in [1.54, 1.807) is 11.8 Å². The molecule has 1 aromatic heterocycles. The Balaban J connectivity index is 1.69. The molecule has 1 aromatic carbocycles. The summed E-state index contributed by atoms with van der Waals surface area (Å²) in [6.07, 6.45) is 1.84. The van der Waals surface area contributed by atoms with Crippen molar-refractivity contribution in [3.63, 3.8) is 0 Å². The van der Waals surface area contributed by atoms with Crippen molar-refractivity contribution in [2.24, 2.45) is 7.05 Å². The Morgan fingerprint density at radius 1 is 1.04 bits per heavy atom. The number of benzene rings is 1. The van der Waals surface area contributed by atoms with Crippen LogP contribution in [0.25, 0.3) is 10.9 Å². The van der Waals surface area contributed by atoms with Gasteiger partial charge in [-0.15, -0.1) is 0 Å². The number of piperazine rings is 1. The summed E-state index contributed by atoms with van der Waals surface area (Å²) in [6.45, 7) is 3.28. The van der Waals surface area contributed by atoms with Gasteiger partial charge in [0.15, 0.2) is 0 Å². The number of nitrogens with zero attached hydrogens (tertiary/aromatic N) is 3. The van der Waals surface area contributed by atoms with Crippen LogP contribution in [0.4, 0.5) is 0 Å². The number of carbonyl (C=O) groups excluding carboxylic acids is 3. The molecule has 1 fully saturated rings. The number of hydrogen-bond donors (Lipinski definition) is 0. The first kappa shape index (κ1) is 17.0. The van der Waals surface area contributed by atoms with Gasteiger partial charge < -0.3 is 19.1 Å². The van der Waals surface area contributed by atoms with Gasteiger partial charge in [-0.25, -0.2) is 4.79 Å². The molecule has 7 nitrogen and oxygen atoms in total. The number of carbonyl (C=O) groups is 3. The topological polar surface area (TPSA) is 71.9 Å². The minimum absolute atomic E-state index is 0.0555. The standard InChI is InChI=1S/C18H21N3O4/c1-3-25-18(24)17(23)21-10-8-20(9-11-21)16(22)14-12-19(2)15-7-5-4-6-13(14)15/h4-7,12H,3,8-11H2,1-2H3. The number of hydrogen-bond acceptors (Lipinski definition) is 4. The summed E-state index contributed by atoms with van der Waals surface area (Å²) in [6, 6.07) is 7.76. The normalized spacial score (nSPS) is 14.6. The number of esters is 1. The van der Waals surface area contributed by atoms with Crippen LogP contribution in [-0.2, 0) is 21.4 Å². The number of rotatable bonds is 2. The maximum atomic E-state index is 12.9. The molecule has 0 N–H and O–H groups in total. The zero-order valence-electron chi connectivity index (χ0n) is 14.4. The molecular formula is C18H21N3O4. The van der Waals surface area contributed by atoms with Gasteiger partial charge >= 0.3 is 11.9 Å². The zero-order valence-corrected chi connectivity index (χ0v) is 14.4. The third-order valence-corrected chi connectivity index (χ3v) is 4.43. The maximum Gasteiger partial charge on any atom is 0.397 e. The summed E-state index contributed by atoms with van der Waals surface area (Å²) in [7, 11) is 1.91. The Morgan fingerprint density at radius 3 is 2.36 bits per heavy atom. The summed E-state index contributed by atoms with van der Waals surface area (Å²) >= 11 is 0. The predicted molar refractivity (Wildman–Crippen MR) is 92.0 cm³/mol. The quantitative estimate of drug-likeness (QED) is 0.603. The van der Waals surface area contributed by atoms with Crippen LogP contribution >= 0.6 is 0 Å². The van der Waals surface area contributed by atoms with Crippen molar-refractivity contribution in [2.45, 2.75) is 6.92 Å². The van der Waals surface area contributed by atoms with Crippen molar-refractivity contribution >= 4 is 28.7 Å². The van der Waals surface area contributed by atoms with Gasteiger partial charge in [0.25, 0.3) is 5.91 Å². The predicted octanol–water partition coefficient (Wildman–Crippen LogP) is 1.03. The largest absolute Gasteiger partial charge is 0.459 e. The Bertz CT molecular complexity index is 819. The van der Waals surface area contributed by atoms with Gasteiger partial charge in [-0.05, 0) is 13.0 Å². The van der Waals surface area contributed by atoms with Crippen LogP contribution in [0.15, 0.2) is 30.5 Å². The summed E-state index contributed by atoms with van der Waals surface area (Å²) in [5.41, 5.74) is 1.66. The monoisotopic (exact) mass is 343 g/mol.